The molecule has 0 aliphatic rings. The quantitative estimate of drug-likeness (QED) is 0.0953. The Morgan fingerprint density at radius 1 is 0.816 bits per heavy atom. The molecule has 1 heterocycles. The van der Waals surface area contributed by atoms with E-state index in [1.165, 1.54) is 36.4 Å². The Bertz CT molecular complexity index is 1760. The van der Waals surface area contributed by atoms with Gasteiger partial charge < -0.3 is 24.3 Å². The maximum absolute atomic E-state index is 13.9. The van der Waals surface area contributed by atoms with Crippen molar-refractivity contribution in [2.24, 2.45) is 0 Å². The number of carbonyl (C=O) groups is 2. The van der Waals surface area contributed by atoms with Crippen molar-refractivity contribution >= 4 is 11.9 Å². The number of unbranched alkanes of at least 4 members (excludes halogenated alkanes) is 3. The van der Waals surface area contributed by atoms with Crippen LogP contribution >= 0.6 is 0 Å². The zero-order valence-corrected chi connectivity index (χ0v) is 26.8. The van der Waals surface area contributed by atoms with E-state index >= 15 is 0 Å². The first kappa shape index (κ1) is 37.0. The average Bonchev–Trinajstić information content (AvgIpc) is 3.37. The lowest BCUT2D eigenvalue weighted by molar-refractivity contribution is -0.143. The molecule has 0 spiro atoms. The molecular weight excluding hydrogens is 656 g/mol. The zero-order chi connectivity index (χ0) is 35.8. The van der Waals surface area contributed by atoms with Gasteiger partial charge in [-0.2, -0.15) is 26.3 Å². The summed E-state index contributed by atoms with van der Waals surface area (Å²) in [6.07, 6.45) is -6.56. The molecule has 2 N–H and O–H groups in total. The number of para-hydroxylation sites is 1. The number of hydrogen-bond acceptors (Lipinski definition) is 5. The number of nitrogens with one attached hydrogen (secondary N) is 1. The minimum Gasteiger partial charge on any atom is -0.481 e. The number of carboxylic acids is 1. The minimum atomic E-state index is -4.92. The molecule has 0 saturated heterocycles. The molecule has 49 heavy (non-hydrogen) atoms. The summed E-state index contributed by atoms with van der Waals surface area (Å²) < 4.78 is 98.7. The van der Waals surface area contributed by atoms with E-state index in [-0.39, 0.29) is 34.4 Å². The summed E-state index contributed by atoms with van der Waals surface area (Å²) in [6, 6.07) is 13.3. The molecule has 13 heteroatoms. The molecule has 4 aromatic rings. The standard InChI is InChI=1S/C36H35F6NO6/c1-22-15-28(23(2)49-22)20-47-14-6-4-3-5-13-43-34(46)27-17-25(24-9-7-10-29(19-24)35(37,38)39)16-26(18-27)30-11-8-12-31(36(40,41)42)33(30)48-21-32(44)45/h7-12,15-19H,3-6,13-14,20-21H2,1-2H3,(H,43,46)(H,44,45). The van der Waals surface area contributed by atoms with E-state index in [0.29, 0.717) is 19.6 Å². The fraction of sp³-hybridized carbons (Fsp3) is 0.333. The predicted molar refractivity (Wildman–Crippen MR) is 169 cm³/mol. The minimum absolute atomic E-state index is 0.00678. The molecule has 262 valence electrons. The van der Waals surface area contributed by atoms with Gasteiger partial charge in [0.2, 0.25) is 0 Å². The smallest absolute Gasteiger partial charge is 0.419 e. The van der Waals surface area contributed by atoms with Crippen LogP contribution in [0.1, 0.15) is 64.3 Å². The average molecular weight is 692 g/mol. The molecule has 0 radical (unpaired) electrons. The van der Waals surface area contributed by atoms with Gasteiger partial charge in [0.25, 0.3) is 5.91 Å². The lowest BCUT2D eigenvalue weighted by Crippen LogP contribution is -2.24. The molecule has 1 aromatic heterocycles. The fourth-order valence-corrected chi connectivity index (χ4v) is 5.23. The number of aryl methyl sites for hydroxylation is 2. The third-order valence-electron chi connectivity index (χ3n) is 7.59. The highest BCUT2D eigenvalue weighted by Crippen LogP contribution is 2.43. The third kappa shape index (κ3) is 10.4. The maximum Gasteiger partial charge on any atom is 0.419 e. The van der Waals surface area contributed by atoms with Gasteiger partial charge >= 0.3 is 18.3 Å². The lowest BCUT2D eigenvalue weighted by atomic mass is 9.93. The van der Waals surface area contributed by atoms with Crippen molar-refractivity contribution in [1.82, 2.24) is 5.32 Å². The summed E-state index contributed by atoms with van der Waals surface area (Å²) in [6.45, 7) is 3.93. The molecule has 0 bridgehead atoms. The summed E-state index contributed by atoms with van der Waals surface area (Å²) in [4.78, 5) is 24.5. The van der Waals surface area contributed by atoms with Crippen LogP contribution in [0.25, 0.3) is 22.3 Å². The number of rotatable bonds is 15. The number of alkyl halides is 6. The first-order chi connectivity index (χ1) is 23.1. The predicted octanol–water partition coefficient (Wildman–Crippen LogP) is 9.24. The topological polar surface area (TPSA) is 98.0 Å². The van der Waals surface area contributed by atoms with Gasteiger partial charge in [0.15, 0.2) is 6.61 Å². The van der Waals surface area contributed by atoms with Gasteiger partial charge in [-0.1, -0.05) is 37.1 Å². The zero-order valence-electron chi connectivity index (χ0n) is 26.8. The number of carbonyl (C=O) groups excluding carboxylic acids is 1. The van der Waals surface area contributed by atoms with Crippen molar-refractivity contribution in [3.8, 4) is 28.0 Å². The van der Waals surface area contributed by atoms with E-state index in [1.807, 2.05) is 19.9 Å². The Kier molecular flexibility index (Phi) is 12.2. The van der Waals surface area contributed by atoms with E-state index in [9.17, 15) is 35.9 Å². The first-order valence-corrected chi connectivity index (χ1v) is 15.4. The Balaban J connectivity index is 1.52. The van der Waals surface area contributed by atoms with Crippen molar-refractivity contribution < 1.29 is 54.9 Å². The number of aliphatic carboxylic acids is 1. The third-order valence-corrected chi connectivity index (χ3v) is 7.59. The van der Waals surface area contributed by atoms with E-state index in [1.54, 1.807) is 0 Å². The molecule has 1 amide bonds. The molecular formula is C36H35F6NO6. The summed E-state index contributed by atoms with van der Waals surface area (Å²) in [5.74, 6) is -1.26. The molecule has 7 nitrogen and oxygen atoms in total. The molecule has 4 rings (SSSR count). The molecule has 3 aromatic carbocycles. The Morgan fingerprint density at radius 2 is 1.53 bits per heavy atom. The van der Waals surface area contributed by atoms with Crippen LogP contribution in [0.15, 0.2) is 71.1 Å². The SMILES string of the molecule is Cc1cc(COCCCCCCNC(=O)c2cc(-c3cccc(C(F)(F)F)c3)cc(-c3cccc(C(F)(F)F)c3OCC(=O)O)c2)c(C)o1. The number of ether oxygens (including phenoxy) is 2. The summed E-state index contributed by atoms with van der Waals surface area (Å²) >= 11 is 0. The highest BCUT2D eigenvalue weighted by Gasteiger charge is 2.36. The van der Waals surface area contributed by atoms with Gasteiger partial charge in [0.05, 0.1) is 17.7 Å². The molecule has 0 unspecified atom stereocenters. The van der Waals surface area contributed by atoms with Gasteiger partial charge in [-0.25, -0.2) is 4.79 Å². The number of hydrogen-bond donors (Lipinski definition) is 2. The number of carboxylic acid groups (broad SMARTS) is 1. The number of halogens is 6. The maximum atomic E-state index is 13.9. The first-order valence-electron chi connectivity index (χ1n) is 15.4. The van der Waals surface area contributed by atoms with Crippen LogP contribution in [0.4, 0.5) is 26.3 Å². The Morgan fingerprint density at radius 3 is 2.20 bits per heavy atom. The van der Waals surface area contributed by atoms with Gasteiger partial charge in [0.1, 0.15) is 17.3 Å². The van der Waals surface area contributed by atoms with Crippen LogP contribution in [0.3, 0.4) is 0 Å². The van der Waals surface area contributed by atoms with E-state index in [2.05, 4.69) is 5.32 Å². The van der Waals surface area contributed by atoms with E-state index in [4.69, 9.17) is 19.0 Å². The molecule has 0 saturated carbocycles. The highest BCUT2D eigenvalue weighted by molar-refractivity contribution is 5.97. The van der Waals surface area contributed by atoms with E-state index in [0.717, 1.165) is 60.6 Å². The van der Waals surface area contributed by atoms with Crippen molar-refractivity contribution in [2.75, 3.05) is 19.8 Å². The second kappa shape index (κ2) is 16.1. The molecule has 0 aliphatic heterocycles. The Hall–Kier alpha value is -4.78. The fourth-order valence-electron chi connectivity index (χ4n) is 5.23. The van der Waals surface area contributed by atoms with E-state index < -0.39 is 47.7 Å². The number of amides is 1. The van der Waals surface area contributed by atoms with Gasteiger partial charge in [-0.15, -0.1) is 0 Å². The van der Waals surface area contributed by atoms with Crippen molar-refractivity contribution in [3.05, 3.63) is 101 Å². The molecule has 0 aliphatic carbocycles. The summed E-state index contributed by atoms with van der Waals surface area (Å²) in [5.41, 5.74) is -1.24. The van der Waals surface area contributed by atoms with Crippen LogP contribution in [0.5, 0.6) is 5.75 Å². The number of benzene rings is 3. The van der Waals surface area contributed by atoms with Crippen molar-refractivity contribution in [3.63, 3.8) is 0 Å². The van der Waals surface area contributed by atoms with Crippen LogP contribution in [0, 0.1) is 13.8 Å². The summed E-state index contributed by atoms with van der Waals surface area (Å²) in [5, 5.41) is 11.9. The van der Waals surface area contributed by atoms with Crippen LogP contribution in [-0.4, -0.2) is 36.7 Å². The van der Waals surface area contributed by atoms with Crippen molar-refractivity contribution in [1.29, 1.82) is 0 Å². The normalized spacial score (nSPS) is 11.8. The van der Waals surface area contributed by atoms with Crippen LogP contribution < -0.4 is 10.1 Å². The Labute approximate surface area is 278 Å². The second-order valence-corrected chi connectivity index (χ2v) is 11.4. The highest BCUT2D eigenvalue weighted by atomic mass is 19.4. The summed E-state index contributed by atoms with van der Waals surface area (Å²) in [7, 11) is 0. The molecule has 0 atom stereocenters. The van der Waals surface area contributed by atoms with Gasteiger partial charge in [0, 0.05) is 29.8 Å². The van der Waals surface area contributed by atoms with Crippen LogP contribution in [0.2, 0.25) is 0 Å². The largest absolute Gasteiger partial charge is 0.481 e. The molecule has 0 fully saturated rings. The number of furan rings is 1. The monoisotopic (exact) mass is 691 g/mol. The second-order valence-electron chi connectivity index (χ2n) is 11.4. The van der Waals surface area contributed by atoms with Crippen molar-refractivity contribution in [2.45, 2.75) is 58.5 Å². The van der Waals surface area contributed by atoms with Gasteiger partial charge in [-0.3, -0.25) is 4.79 Å². The van der Waals surface area contributed by atoms with Gasteiger partial charge in [-0.05, 0) is 85.8 Å². The lowest BCUT2D eigenvalue weighted by Gasteiger charge is -2.18. The van der Waals surface area contributed by atoms with Crippen LogP contribution in [-0.2, 0) is 28.5 Å².